The number of benzene rings is 1. The van der Waals surface area contributed by atoms with E-state index in [9.17, 15) is 8.78 Å². The van der Waals surface area contributed by atoms with Crippen LogP contribution in [0.2, 0.25) is 0 Å². The van der Waals surface area contributed by atoms with Crippen molar-refractivity contribution in [3.8, 4) is 0 Å². The monoisotopic (exact) mass is 381 g/mol. The van der Waals surface area contributed by atoms with Gasteiger partial charge >= 0.3 is 0 Å². The third-order valence-corrected chi connectivity index (χ3v) is 4.86. The molecule has 1 saturated heterocycles. The summed E-state index contributed by atoms with van der Waals surface area (Å²) in [5.74, 6) is 0.212. The van der Waals surface area contributed by atoms with Gasteiger partial charge in [0.2, 0.25) is 0 Å². The summed E-state index contributed by atoms with van der Waals surface area (Å²) in [5, 5.41) is 6.48. The van der Waals surface area contributed by atoms with Gasteiger partial charge in [-0.05, 0) is 37.6 Å². The molecule has 0 saturated carbocycles. The lowest BCUT2D eigenvalue weighted by atomic mass is 10.1. The van der Waals surface area contributed by atoms with E-state index in [1.165, 1.54) is 6.07 Å². The zero-order valence-electron chi connectivity index (χ0n) is 16.8. The van der Waals surface area contributed by atoms with Crippen LogP contribution in [0.5, 0.6) is 0 Å². The molecule has 0 aliphatic carbocycles. The van der Waals surface area contributed by atoms with Crippen LogP contribution < -0.4 is 10.6 Å². The minimum Gasteiger partial charge on any atom is -0.357 e. The van der Waals surface area contributed by atoms with Crippen molar-refractivity contribution in [1.29, 1.82) is 0 Å². The number of likely N-dealkylation sites (N-methyl/N-ethyl adjacent to an activating group) is 1. The largest absolute Gasteiger partial charge is 0.357 e. The second-order valence-electron chi connectivity index (χ2n) is 7.15. The Morgan fingerprint density at radius 1 is 1.11 bits per heavy atom. The Morgan fingerprint density at radius 2 is 1.81 bits per heavy atom. The normalized spacial score (nSPS) is 17.7. The van der Waals surface area contributed by atoms with Gasteiger partial charge in [0.25, 0.3) is 0 Å². The van der Waals surface area contributed by atoms with Gasteiger partial charge in [-0.2, -0.15) is 0 Å². The molecule has 0 bridgehead atoms. The molecule has 0 aromatic heterocycles. The van der Waals surface area contributed by atoms with Crippen LogP contribution >= 0.6 is 0 Å². The summed E-state index contributed by atoms with van der Waals surface area (Å²) in [6.45, 7) is 14.7. The number of hydrogen-bond acceptors (Lipinski definition) is 3. The summed E-state index contributed by atoms with van der Waals surface area (Å²) in [6.07, 6.45) is 0. The van der Waals surface area contributed by atoms with Crippen LogP contribution in [0.4, 0.5) is 8.78 Å². The molecular formula is C20H33F2N5. The van der Waals surface area contributed by atoms with Crippen molar-refractivity contribution in [3.05, 3.63) is 35.4 Å². The van der Waals surface area contributed by atoms with Gasteiger partial charge in [-0.1, -0.05) is 13.8 Å². The van der Waals surface area contributed by atoms with Crippen molar-refractivity contribution in [2.45, 2.75) is 27.3 Å². The van der Waals surface area contributed by atoms with Crippen LogP contribution in [0.1, 0.15) is 26.3 Å². The Morgan fingerprint density at radius 3 is 2.48 bits per heavy atom. The van der Waals surface area contributed by atoms with E-state index in [0.717, 1.165) is 57.9 Å². The second kappa shape index (κ2) is 11.2. The van der Waals surface area contributed by atoms with Crippen LogP contribution in [0, 0.1) is 17.6 Å². The highest BCUT2D eigenvalue weighted by Crippen LogP contribution is 2.10. The number of hydrogen-bond donors (Lipinski definition) is 2. The van der Waals surface area contributed by atoms with E-state index >= 15 is 0 Å². The van der Waals surface area contributed by atoms with Crippen LogP contribution in [-0.2, 0) is 6.54 Å². The van der Waals surface area contributed by atoms with Gasteiger partial charge in [0.05, 0.1) is 6.54 Å². The number of rotatable bonds is 8. The van der Waals surface area contributed by atoms with Crippen LogP contribution in [-0.4, -0.2) is 68.1 Å². The predicted molar refractivity (Wildman–Crippen MR) is 107 cm³/mol. The number of guanidine groups is 1. The molecule has 2 N–H and O–H groups in total. The third kappa shape index (κ3) is 7.42. The SMILES string of the molecule is CCNC(=NCc1cc(F)ccc1F)NCC(C)CN1CCN(CC)CC1. The quantitative estimate of drug-likeness (QED) is 0.536. The van der Waals surface area contributed by atoms with Gasteiger partial charge < -0.3 is 20.4 Å². The van der Waals surface area contributed by atoms with Crippen LogP contribution in [0.25, 0.3) is 0 Å². The maximum Gasteiger partial charge on any atom is 0.191 e. The molecule has 2 rings (SSSR count). The molecule has 1 unspecified atom stereocenters. The first-order chi connectivity index (χ1) is 13.0. The summed E-state index contributed by atoms with van der Waals surface area (Å²) < 4.78 is 27.0. The lowest BCUT2D eigenvalue weighted by Crippen LogP contribution is -2.48. The zero-order chi connectivity index (χ0) is 19.6. The topological polar surface area (TPSA) is 42.9 Å². The Balaban J connectivity index is 1.81. The number of aliphatic imine (C=N–C) groups is 1. The number of piperazine rings is 1. The predicted octanol–water partition coefficient (Wildman–Crippen LogP) is 2.29. The molecule has 1 aromatic carbocycles. The Hall–Kier alpha value is -1.73. The van der Waals surface area contributed by atoms with Gasteiger partial charge in [-0.15, -0.1) is 0 Å². The summed E-state index contributed by atoms with van der Waals surface area (Å²) in [7, 11) is 0. The smallest absolute Gasteiger partial charge is 0.191 e. The third-order valence-electron chi connectivity index (χ3n) is 4.86. The standard InChI is InChI=1S/C20H33F2N5/c1-4-23-20(25-14-17-12-18(21)6-7-19(17)22)24-13-16(3)15-27-10-8-26(5-2)9-11-27/h6-7,12,16H,4-5,8-11,13-15H2,1-3H3,(H2,23,24,25). The molecule has 1 aromatic rings. The number of halogens is 2. The molecule has 27 heavy (non-hydrogen) atoms. The molecule has 1 aliphatic rings. The van der Waals surface area contributed by atoms with Crippen molar-refractivity contribution in [2.24, 2.45) is 10.9 Å². The minimum atomic E-state index is -0.448. The maximum absolute atomic E-state index is 13.7. The first-order valence-corrected chi connectivity index (χ1v) is 9.92. The Labute approximate surface area is 161 Å². The van der Waals surface area contributed by atoms with Crippen molar-refractivity contribution in [2.75, 3.05) is 52.4 Å². The second-order valence-corrected chi connectivity index (χ2v) is 7.15. The van der Waals surface area contributed by atoms with E-state index in [-0.39, 0.29) is 12.1 Å². The molecule has 7 heteroatoms. The molecule has 0 amide bonds. The summed E-state index contributed by atoms with van der Waals surface area (Å²) in [5.41, 5.74) is 0.258. The van der Waals surface area contributed by atoms with Crippen molar-refractivity contribution in [3.63, 3.8) is 0 Å². The zero-order valence-corrected chi connectivity index (χ0v) is 16.8. The van der Waals surface area contributed by atoms with Gasteiger partial charge in [0, 0.05) is 51.4 Å². The Bertz CT molecular complexity index is 600. The fourth-order valence-corrected chi connectivity index (χ4v) is 3.23. The van der Waals surface area contributed by atoms with E-state index in [1.54, 1.807) is 0 Å². The molecule has 0 spiro atoms. The average Bonchev–Trinajstić information content (AvgIpc) is 2.67. The fraction of sp³-hybridized carbons (Fsp3) is 0.650. The number of nitrogens with zero attached hydrogens (tertiary/aromatic N) is 3. The molecule has 1 fully saturated rings. The fourth-order valence-electron chi connectivity index (χ4n) is 3.23. The average molecular weight is 382 g/mol. The summed E-state index contributed by atoms with van der Waals surface area (Å²) >= 11 is 0. The minimum absolute atomic E-state index is 0.103. The van der Waals surface area contributed by atoms with E-state index in [0.29, 0.717) is 18.4 Å². The van der Waals surface area contributed by atoms with E-state index in [1.807, 2.05) is 6.92 Å². The van der Waals surface area contributed by atoms with Crippen LogP contribution in [0.15, 0.2) is 23.2 Å². The van der Waals surface area contributed by atoms with E-state index < -0.39 is 11.6 Å². The van der Waals surface area contributed by atoms with Crippen molar-refractivity contribution in [1.82, 2.24) is 20.4 Å². The van der Waals surface area contributed by atoms with Gasteiger partial charge in [-0.25, -0.2) is 13.8 Å². The molecule has 1 aliphatic heterocycles. The summed E-state index contributed by atoms with van der Waals surface area (Å²) in [6, 6.07) is 3.45. The van der Waals surface area contributed by atoms with Gasteiger partial charge in [0.1, 0.15) is 11.6 Å². The molecule has 152 valence electrons. The molecule has 0 radical (unpaired) electrons. The first-order valence-electron chi connectivity index (χ1n) is 9.92. The van der Waals surface area contributed by atoms with Crippen molar-refractivity contribution < 1.29 is 8.78 Å². The highest BCUT2D eigenvalue weighted by atomic mass is 19.1. The van der Waals surface area contributed by atoms with Gasteiger partial charge in [0.15, 0.2) is 5.96 Å². The van der Waals surface area contributed by atoms with Crippen LogP contribution in [0.3, 0.4) is 0 Å². The first kappa shape index (κ1) is 21.6. The molecule has 1 atom stereocenters. The van der Waals surface area contributed by atoms with E-state index in [4.69, 9.17) is 0 Å². The van der Waals surface area contributed by atoms with E-state index in [2.05, 4.69) is 39.3 Å². The van der Waals surface area contributed by atoms with Gasteiger partial charge in [-0.3, -0.25) is 0 Å². The molecule has 5 nitrogen and oxygen atoms in total. The summed E-state index contributed by atoms with van der Waals surface area (Å²) in [4.78, 5) is 9.37. The lowest BCUT2D eigenvalue weighted by molar-refractivity contribution is 0.124. The highest BCUT2D eigenvalue weighted by molar-refractivity contribution is 5.79. The van der Waals surface area contributed by atoms with Crippen molar-refractivity contribution >= 4 is 5.96 Å². The maximum atomic E-state index is 13.7. The lowest BCUT2D eigenvalue weighted by Gasteiger charge is -2.35. The number of nitrogens with one attached hydrogen (secondary N) is 2. The Kier molecular flexibility index (Phi) is 8.94. The highest BCUT2D eigenvalue weighted by Gasteiger charge is 2.17. The molecular weight excluding hydrogens is 348 g/mol. The molecule has 1 heterocycles.